The second-order valence-electron chi connectivity index (χ2n) is 3.56. The Morgan fingerprint density at radius 2 is 2.27 bits per heavy atom. The lowest BCUT2D eigenvalue weighted by atomic mass is 10.1. The van der Waals surface area contributed by atoms with Crippen molar-refractivity contribution in [3.05, 3.63) is 0 Å². The third-order valence-electron chi connectivity index (χ3n) is 2.43. The number of methoxy groups -OCH3 is 1. The molecule has 0 amide bonds. The van der Waals surface area contributed by atoms with Gasteiger partial charge in [0.1, 0.15) is 0 Å². The summed E-state index contributed by atoms with van der Waals surface area (Å²) in [5.74, 6) is 0.926. The molecule has 0 saturated heterocycles. The van der Waals surface area contributed by atoms with Gasteiger partial charge in [-0.3, -0.25) is 0 Å². The highest BCUT2D eigenvalue weighted by Gasteiger charge is 2.19. The summed E-state index contributed by atoms with van der Waals surface area (Å²) in [7, 11) is 1.75. The van der Waals surface area contributed by atoms with Gasteiger partial charge in [-0.05, 0) is 25.2 Å². The Labute approximate surface area is 69.3 Å². The summed E-state index contributed by atoms with van der Waals surface area (Å²) in [5, 5.41) is 3.49. The van der Waals surface area contributed by atoms with Gasteiger partial charge in [0, 0.05) is 19.7 Å². The van der Waals surface area contributed by atoms with Gasteiger partial charge in [-0.2, -0.15) is 0 Å². The topological polar surface area (TPSA) is 21.3 Å². The summed E-state index contributed by atoms with van der Waals surface area (Å²) in [4.78, 5) is 0. The van der Waals surface area contributed by atoms with Crippen LogP contribution in [0.2, 0.25) is 0 Å². The van der Waals surface area contributed by atoms with Crippen molar-refractivity contribution in [2.45, 2.75) is 32.2 Å². The third kappa shape index (κ3) is 3.21. The normalized spacial score (nSPS) is 31.1. The lowest BCUT2D eigenvalue weighted by molar-refractivity contribution is 0.195. The van der Waals surface area contributed by atoms with Gasteiger partial charge in [-0.25, -0.2) is 0 Å². The fraction of sp³-hybridized carbons (Fsp3) is 1.00. The number of ether oxygens (including phenoxy) is 1. The molecule has 1 N–H and O–H groups in total. The Balaban J connectivity index is 1.99. The molecule has 0 bridgehead atoms. The third-order valence-corrected chi connectivity index (χ3v) is 2.43. The SMILES string of the molecule is COCCN[C@H]1CC[C@H](C)C1. The van der Waals surface area contributed by atoms with Crippen LogP contribution in [0.3, 0.4) is 0 Å². The fourth-order valence-electron chi connectivity index (χ4n) is 1.76. The van der Waals surface area contributed by atoms with E-state index >= 15 is 0 Å². The Kier molecular flexibility index (Phi) is 3.87. The van der Waals surface area contributed by atoms with Crippen molar-refractivity contribution in [2.24, 2.45) is 5.92 Å². The first kappa shape index (κ1) is 9.01. The lowest BCUT2D eigenvalue weighted by Gasteiger charge is -2.10. The number of nitrogens with one attached hydrogen (secondary N) is 1. The van der Waals surface area contributed by atoms with Crippen molar-refractivity contribution in [3.8, 4) is 0 Å². The molecule has 2 nitrogen and oxygen atoms in total. The average Bonchev–Trinajstić information content (AvgIpc) is 2.37. The zero-order chi connectivity index (χ0) is 8.10. The zero-order valence-electron chi connectivity index (χ0n) is 7.60. The molecule has 0 aromatic carbocycles. The molecule has 11 heavy (non-hydrogen) atoms. The summed E-state index contributed by atoms with van der Waals surface area (Å²) in [6.45, 7) is 4.18. The van der Waals surface area contributed by atoms with E-state index in [4.69, 9.17) is 4.74 Å². The molecule has 1 aliphatic rings. The van der Waals surface area contributed by atoms with E-state index in [1.165, 1.54) is 19.3 Å². The van der Waals surface area contributed by atoms with Crippen LogP contribution in [0.1, 0.15) is 26.2 Å². The quantitative estimate of drug-likeness (QED) is 0.623. The molecule has 0 aromatic heterocycles. The smallest absolute Gasteiger partial charge is 0.0587 e. The van der Waals surface area contributed by atoms with Gasteiger partial charge in [0.05, 0.1) is 6.61 Å². The molecule has 1 saturated carbocycles. The molecule has 1 aliphatic carbocycles. The molecular formula is C9H19NO. The van der Waals surface area contributed by atoms with Crippen LogP contribution in [0.5, 0.6) is 0 Å². The fourth-order valence-corrected chi connectivity index (χ4v) is 1.76. The Morgan fingerprint density at radius 3 is 2.82 bits per heavy atom. The first-order valence-corrected chi connectivity index (χ1v) is 4.55. The zero-order valence-corrected chi connectivity index (χ0v) is 7.60. The summed E-state index contributed by atoms with van der Waals surface area (Å²) < 4.78 is 4.97. The molecule has 2 heteroatoms. The maximum Gasteiger partial charge on any atom is 0.0587 e. The van der Waals surface area contributed by atoms with E-state index in [1.54, 1.807) is 7.11 Å². The summed E-state index contributed by atoms with van der Waals surface area (Å²) in [6, 6.07) is 0.764. The van der Waals surface area contributed by atoms with Gasteiger partial charge in [0.15, 0.2) is 0 Å². The molecule has 0 aromatic rings. The number of rotatable bonds is 4. The predicted molar refractivity (Wildman–Crippen MR) is 46.7 cm³/mol. The van der Waals surface area contributed by atoms with Gasteiger partial charge in [-0.15, -0.1) is 0 Å². The van der Waals surface area contributed by atoms with E-state index in [0.29, 0.717) is 0 Å². The first-order valence-electron chi connectivity index (χ1n) is 4.55. The van der Waals surface area contributed by atoms with Crippen LogP contribution in [-0.2, 0) is 4.74 Å². The highest BCUT2D eigenvalue weighted by molar-refractivity contribution is 4.77. The molecule has 0 aliphatic heterocycles. The minimum atomic E-state index is 0.764. The lowest BCUT2D eigenvalue weighted by Crippen LogP contribution is -2.29. The molecule has 66 valence electrons. The average molecular weight is 157 g/mol. The maximum atomic E-state index is 4.97. The van der Waals surface area contributed by atoms with Crippen molar-refractivity contribution in [2.75, 3.05) is 20.3 Å². The summed E-state index contributed by atoms with van der Waals surface area (Å²) in [5.41, 5.74) is 0. The largest absolute Gasteiger partial charge is 0.383 e. The summed E-state index contributed by atoms with van der Waals surface area (Å²) in [6.07, 6.45) is 4.10. The minimum Gasteiger partial charge on any atom is -0.383 e. The van der Waals surface area contributed by atoms with Crippen molar-refractivity contribution >= 4 is 0 Å². The Morgan fingerprint density at radius 1 is 1.45 bits per heavy atom. The minimum absolute atomic E-state index is 0.764. The molecular weight excluding hydrogens is 138 g/mol. The van der Waals surface area contributed by atoms with Crippen molar-refractivity contribution < 1.29 is 4.74 Å². The van der Waals surface area contributed by atoms with Crippen molar-refractivity contribution in [1.82, 2.24) is 5.32 Å². The molecule has 0 unspecified atom stereocenters. The first-order chi connectivity index (χ1) is 5.33. The molecule has 2 atom stereocenters. The van der Waals surface area contributed by atoms with Gasteiger partial charge in [0.25, 0.3) is 0 Å². The number of hydrogen-bond donors (Lipinski definition) is 1. The van der Waals surface area contributed by atoms with Gasteiger partial charge in [-0.1, -0.05) is 6.92 Å². The molecule has 0 radical (unpaired) electrons. The highest BCUT2D eigenvalue weighted by Crippen LogP contribution is 2.24. The van der Waals surface area contributed by atoms with E-state index in [9.17, 15) is 0 Å². The molecule has 0 spiro atoms. The van der Waals surface area contributed by atoms with Crippen LogP contribution < -0.4 is 5.32 Å². The van der Waals surface area contributed by atoms with Crippen LogP contribution in [0.4, 0.5) is 0 Å². The van der Waals surface area contributed by atoms with E-state index in [1.807, 2.05) is 0 Å². The van der Waals surface area contributed by atoms with E-state index in [-0.39, 0.29) is 0 Å². The maximum absolute atomic E-state index is 4.97. The monoisotopic (exact) mass is 157 g/mol. The van der Waals surface area contributed by atoms with Crippen molar-refractivity contribution in [1.29, 1.82) is 0 Å². The van der Waals surface area contributed by atoms with Crippen LogP contribution in [-0.4, -0.2) is 26.3 Å². The number of hydrogen-bond acceptors (Lipinski definition) is 2. The molecule has 1 fully saturated rings. The molecule has 0 heterocycles. The Bertz CT molecular complexity index is 106. The van der Waals surface area contributed by atoms with E-state index in [2.05, 4.69) is 12.2 Å². The van der Waals surface area contributed by atoms with Crippen LogP contribution in [0.25, 0.3) is 0 Å². The van der Waals surface area contributed by atoms with Gasteiger partial charge in [0.2, 0.25) is 0 Å². The van der Waals surface area contributed by atoms with Crippen LogP contribution >= 0.6 is 0 Å². The van der Waals surface area contributed by atoms with Gasteiger partial charge < -0.3 is 10.1 Å². The second kappa shape index (κ2) is 4.73. The van der Waals surface area contributed by atoms with Gasteiger partial charge >= 0.3 is 0 Å². The van der Waals surface area contributed by atoms with Crippen molar-refractivity contribution in [3.63, 3.8) is 0 Å². The highest BCUT2D eigenvalue weighted by atomic mass is 16.5. The molecule has 1 rings (SSSR count). The second-order valence-corrected chi connectivity index (χ2v) is 3.56. The standard InChI is InChI=1S/C9H19NO/c1-8-3-4-9(7-8)10-5-6-11-2/h8-10H,3-7H2,1-2H3/t8-,9-/m0/s1. The van der Waals surface area contributed by atoms with E-state index in [0.717, 1.165) is 25.1 Å². The van der Waals surface area contributed by atoms with Crippen LogP contribution in [0, 0.1) is 5.92 Å². The predicted octanol–water partition coefficient (Wildman–Crippen LogP) is 1.41. The van der Waals surface area contributed by atoms with Crippen LogP contribution in [0.15, 0.2) is 0 Å². The van der Waals surface area contributed by atoms with E-state index < -0.39 is 0 Å². The Hall–Kier alpha value is -0.0800. The summed E-state index contributed by atoms with van der Waals surface area (Å²) >= 11 is 0.